The molecule has 0 radical (unpaired) electrons. The molecule has 0 spiro atoms. The van der Waals surface area contributed by atoms with Crippen molar-refractivity contribution in [3.8, 4) is 5.75 Å². The van der Waals surface area contributed by atoms with Crippen LogP contribution < -0.4 is 15.4 Å². The first-order valence-electron chi connectivity index (χ1n) is 11.7. The van der Waals surface area contributed by atoms with Crippen molar-refractivity contribution in [2.75, 3.05) is 13.2 Å². The van der Waals surface area contributed by atoms with E-state index in [2.05, 4.69) is 10.6 Å². The Morgan fingerprint density at radius 2 is 1.91 bits per heavy atom. The number of carbonyl (C=O) groups is 4. The lowest BCUT2D eigenvalue weighted by Crippen LogP contribution is -2.50. The van der Waals surface area contributed by atoms with E-state index in [0.29, 0.717) is 32.4 Å². The van der Waals surface area contributed by atoms with Crippen LogP contribution in [0.3, 0.4) is 0 Å². The predicted octanol–water partition coefficient (Wildman–Crippen LogP) is 2.48. The van der Waals surface area contributed by atoms with Crippen LogP contribution in [0.15, 0.2) is 24.3 Å². The second-order valence-corrected chi connectivity index (χ2v) is 8.80. The number of carboxylic acid groups (broad SMARTS) is 1. The summed E-state index contributed by atoms with van der Waals surface area (Å²) >= 11 is 0. The molecule has 0 bridgehead atoms. The van der Waals surface area contributed by atoms with E-state index in [4.69, 9.17) is 9.84 Å². The first kappa shape index (κ1) is 24.5. The van der Waals surface area contributed by atoms with Gasteiger partial charge >= 0.3 is 6.09 Å². The van der Waals surface area contributed by atoms with Crippen LogP contribution in [-0.2, 0) is 20.9 Å². The van der Waals surface area contributed by atoms with Gasteiger partial charge in [0.1, 0.15) is 24.7 Å². The quantitative estimate of drug-likeness (QED) is 0.487. The third kappa shape index (κ3) is 7.47. The summed E-state index contributed by atoms with van der Waals surface area (Å²) < 4.78 is 5.69. The van der Waals surface area contributed by atoms with Crippen molar-refractivity contribution in [3.05, 3.63) is 29.8 Å². The molecule has 1 fully saturated rings. The maximum absolute atomic E-state index is 12.8. The molecule has 1 heterocycles. The number of aldehydes is 1. The standard InChI is InChI=1S/C24H33N3O6/c28-16-19(25-23(30)20(26-24(31)32)14-17-6-2-1-3-7-17)10-11-22(29)27-12-13-33-21-9-5-4-8-18(21)15-27/h4-5,8-9,16-17,19-20,26H,1-3,6-7,10-15H2,(H,25,30)(H,31,32). The highest BCUT2D eigenvalue weighted by atomic mass is 16.5. The molecular weight excluding hydrogens is 426 g/mol. The van der Waals surface area contributed by atoms with Crippen LogP contribution in [0.25, 0.3) is 0 Å². The van der Waals surface area contributed by atoms with Crippen LogP contribution in [0.5, 0.6) is 5.75 Å². The minimum atomic E-state index is -1.27. The lowest BCUT2D eigenvalue weighted by Gasteiger charge is -2.27. The highest BCUT2D eigenvalue weighted by Crippen LogP contribution is 2.27. The zero-order valence-electron chi connectivity index (χ0n) is 18.8. The maximum atomic E-state index is 12.8. The van der Waals surface area contributed by atoms with E-state index < -0.39 is 24.1 Å². The van der Waals surface area contributed by atoms with Crippen molar-refractivity contribution in [1.82, 2.24) is 15.5 Å². The fraction of sp³-hybridized carbons (Fsp3) is 0.583. The molecule has 180 valence electrons. The molecule has 2 aliphatic rings. The molecule has 1 aromatic carbocycles. The van der Waals surface area contributed by atoms with Crippen molar-refractivity contribution in [3.63, 3.8) is 0 Å². The number of hydrogen-bond donors (Lipinski definition) is 3. The van der Waals surface area contributed by atoms with Gasteiger partial charge in [-0.15, -0.1) is 0 Å². The fourth-order valence-corrected chi connectivity index (χ4v) is 4.57. The Bertz CT molecular complexity index is 839. The fourth-order valence-electron chi connectivity index (χ4n) is 4.57. The molecule has 0 saturated heterocycles. The predicted molar refractivity (Wildman–Crippen MR) is 121 cm³/mol. The van der Waals surface area contributed by atoms with Gasteiger partial charge in [-0.25, -0.2) is 4.79 Å². The van der Waals surface area contributed by atoms with E-state index in [1.165, 1.54) is 0 Å². The zero-order chi connectivity index (χ0) is 23.6. The van der Waals surface area contributed by atoms with Gasteiger partial charge in [0.2, 0.25) is 11.8 Å². The lowest BCUT2D eigenvalue weighted by atomic mass is 9.84. The number of nitrogens with one attached hydrogen (secondary N) is 2. The van der Waals surface area contributed by atoms with Crippen LogP contribution in [0.2, 0.25) is 0 Å². The third-order valence-electron chi connectivity index (χ3n) is 6.37. The number of nitrogens with zero attached hydrogens (tertiary/aromatic N) is 1. The number of carbonyl (C=O) groups excluding carboxylic acids is 3. The van der Waals surface area contributed by atoms with Crippen LogP contribution >= 0.6 is 0 Å². The summed E-state index contributed by atoms with van der Waals surface area (Å²) in [5.74, 6) is 0.398. The van der Waals surface area contributed by atoms with Gasteiger partial charge in [-0.1, -0.05) is 50.3 Å². The van der Waals surface area contributed by atoms with Crippen molar-refractivity contribution in [1.29, 1.82) is 0 Å². The largest absolute Gasteiger partial charge is 0.491 e. The first-order chi connectivity index (χ1) is 16.0. The highest BCUT2D eigenvalue weighted by Gasteiger charge is 2.28. The van der Waals surface area contributed by atoms with Gasteiger partial charge in [0.15, 0.2) is 0 Å². The Labute approximate surface area is 193 Å². The number of rotatable bonds is 9. The number of amides is 3. The molecule has 3 amide bonds. The molecule has 33 heavy (non-hydrogen) atoms. The maximum Gasteiger partial charge on any atom is 0.405 e. The van der Waals surface area contributed by atoms with Crippen molar-refractivity contribution in [2.45, 2.75) is 70.0 Å². The molecule has 9 nitrogen and oxygen atoms in total. The molecule has 1 aromatic rings. The van der Waals surface area contributed by atoms with Gasteiger partial charge in [0, 0.05) is 18.5 Å². The topological polar surface area (TPSA) is 125 Å². The minimum absolute atomic E-state index is 0.0888. The summed E-state index contributed by atoms with van der Waals surface area (Å²) in [6, 6.07) is 5.79. The zero-order valence-corrected chi connectivity index (χ0v) is 18.8. The van der Waals surface area contributed by atoms with Gasteiger partial charge in [-0.05, 0) is 24.8 Å². The van der Waals surface area contributed by atoms with E-state index in [1.807, 2.05) is 24.3 Å². The normalized spacial score (nSPS) is 18.1. The molecule has 1 aliphatic heterocycles. The van der Waals surface area contributed by atoms with E-state index in [-0.39, 0.29) is 24.7 Å². The first-order valence-corrected chi connectivity index (χ1v) is 11.7. The molecule has 9 heteroatoms. The van der Waals surface area contributed by atoms with Gasteiger partial charge in [-0.3, -0.25) is 9.59 Å². The smallest absolute Gasteiger partial charge is 0.405 e. The molecule has 1 aliphatic carbocycles. The third-order valence-corrected chi connectivity index (χ3v) is 6.37. The summed E-state index contributed by atoms with van der Waals surface area (Å²) in [4.78, 5) is 50.0. The molecule has 3 N–H and O–H groups in total. The number of benzene rings is 1. The van der Waals surface area contributed by atoms with Crippen LogP contribution in [-0.4, -0.2) is 59.4 Å². The molecule has 2 unspecified atom stereocenters. The van der Waals surface area contributed by atoms with Gasteiger partial charge in [0.25, 0.3) is 0 Å². The summed E-state index contributed by atoms with van der Waals surface area (Å²) in [7, 11) is 0. The Kier molecular flexibility index (Phi) is 9.09. The van der Waals surface area contributed by atoms with Crippen LogP contribution in [0.1, 0.15) is 56.9 Å². The molecule has 1 saturated carbocycles. The summed E-state index contributed by atoms with van der Waals surface area (Å²) in [5, 5.41) is 14.1. The van der Waals surface area contributed by atoms with E-state index in [1.54, 1.807) is 4.90 Å². The van der Waals surface area contributed by atoms with Crippen molar-refractivity contribution in [2.24, 2.45) is 5.92 Å². The average molecular weight is 460 g/mol. The SMILES string of the molecule is O=CC(CCC(=O)N1CCOc2ccccc2C1)NC(=O)C(CC1CCCCC1)NC(=O)O. The number of fused-ring (bicyclic) bond motifs is 1. The van der Waals surface area contributed by atoms with Crippen molar-refractivity contribution >= 4 is 24.2 Å². The van der Waals surface area contributed by atoms with Gasteiger partial charge < -0.3 is 30.2 Å². The average Bonchev–Trinajstić information content (AvgIpc) is 3.04. The number of para-hydroxylation sites is 1. The van der Waals surface area contributed by atoms with E-state index in [9.17, 15) is 19.2 Å². The Balaban J connectivity index is 1.52. The van der Waals surface area contributed by atoms with Gasteiger partial charge in [-0.2, -0.15) is 0 Å². The Hall–Kier alpha value is -3.10. The molecule has 2 atom stereocenters. The number of hydrogen-bond acceptors (Lipinski definition) is 5. The lowest BCUT2D eigenvalue weighted by molar-refractivity contribution is -0.132. The van der Waals surface area contributed by atoms with Crippen LogP contribution in [0, 0.1) is 5.92 Å². The van der Waals surface area contributed by atoms with Crippen LogP contribution in [0.4, 0.5) is 4.79 Å². The summed E-state index contributed by atoms with van der Waals surface area (Å²) in [6.07, 6.45) is 5.25. The van der Waals surface area contributed by atoms with Crippen molar-refractivity contribution < 1.29 is 29.0 Å². The van der Waals surface area contributed by atoms with E-state index >= 15 is 0 Å². The Morgan fingerprint density at radius 1 is 1.15 bits per heavy atom. The molecule has 0 aromatic heterocycles. The molecular formula is C24H33N3O6. The van der Waals surface area contributed by atoms with Gasteiger partial charge in [0.05, 0.1) is 12.6 Å². The second kappa shape index (κ2) is 12.2. The van der Waals surface area contributed by atoms with E-state index in [0.717, 1.165) is 43.4 Å². The second-order valence-electron chi connectivity index (χ2n) is 8.80. The summed E-state index contributed by atoms with van der Waals surface area (Å²) in [6.45, 7) is 1.26. The monoisotopic (exact) mass is 459 g/mol. The highest BCUT2D eigenvalue weighted by molar-refractivity contribution is 5.87. The minimum Gasteiger partial charge on any atom is -0.491 e. The Morgan fingerprint density at radius 3 is 2.64 bits per heavy atom. The number of ether oxygens (including phenoxy) is 1. The molecule has 3 rings (SSSR count). The summed E-state index contributed by atoms with van der Waals surface area (Å²) in [5.41, 5.74) is 0.925.